The standard InChI is InChI=1S/C16H18ClN3O/c1-18-9-12-8-14(17)16(19-10-12)20-6-7-21-15-5-3-2-4-13(15)11-20/h2-5,8,10,18H,6-7,9,11H2,1H3. The Kier molecular flexibility index (Phi) is 4.27. The van der Waals surface area contributed by atoms with Crippen LogP contribution in [0.5, 0.6) is 5.75 Å². The van der Waals surface area contributed by atoms with E-state index < -0.39 is 0 Å². The molecule has 110 valence electrons. The van der Waals surface area contributed by atoms with E-state index in [0.717, 1.165) is 42.3 Å². The molecule has 3 rings (SSSR count). The molecule has 0 radical (unpaired) electrons. The van der Waals surface area contributed by atoms with Crippen LogP contribution in [0.1, 0.15) is 11.1 Å². The first-order chi connectivity index (χ1) is 10.3. The molecule has 4 nitrogen and oxygen atoms in total. The van der Waals surface area contributed by atoms with E-state index >= 15 is 0 Å². The molecule has 5 heteroatoms. The highest BCUT2D eigenvalue weighted by molar-refractivity contribution is 6.33. The van der Waals surface area contributed by atoms with E-state index in [-0.39, 0.29) is 0 Å². The lowest BCUT2D eigenvalue weighted by Gasteiger charge is -2.22. The Labute approximate surface area is 129 Å². The van der Waals surface area contributed by atoms with Gasteiger partial charge in [-0.15, -0.1) is 0 Å². The second-order valence-electron chi connectivity index (χ2n) is 5.06. The smallest absolute Gasteiger partial charge is 0.147 e. The monoisotopic (exact) mass is 303 g/mol. The Morgan fingerprint density at radius 3 is 3.05 bits per heavy atom. The van der Waals surface area contributed by atoms with Gasteiger partial charge in [0.05, 0.1) is 11.6 Å². The van der Waals surface area contributed by atoms with Crippen molar-refractivity contribution in [2.45, 2.75) is 13.1 Å². The van der Waals surface area contributed by atoms with Crippen molar-refractivity contribution < 1.29 is 4.74 Å². The molecule has 0 saturated carbocycles. The van der Waals surface area contributed by atoms with Crippen LogP contribution in [-0.2, 0) is 13.1 Å². The number of fused-ring (bicyclic) bond motifs is 1. The van der Waals surface area contributed by atoms with Crippen LogP contribution in [0.3, 0.4) is 0 Å². The quantitative estimate of drug-likeness (QED) is 0.946. The van der Waals surface area contributed by atoms with Crippen molar-refractivity contribution in [2.24, 2.45) is 0 Å². The minimum atomic E-state index is 0.632. The third-order valence-electron chi connectivity index (χ3n) is 3.51. The maximum Gasteiger partial charge on any atom is 0.147 e. The second kappa shape index (κ2) is 6.33. The van der Waals surface area contributed by atoms with Crippen LogP contribution in [0.2, 0.25) is 5.02 Å². The predicted octanol–water partition coefficient (Wildman–Crippen LogP) is 2.85. The Hall–Kier alpha value is -1.78. The van der Waals surface area contributed by atoms with E-state index in [9.17, 15) is 0 Å². The van der Waals surface area contributed by atoms with E-state index in [2.05, 4.69) is 21.3 Å². The first kappa shape index (κ1) is 14.2. The summed E-state index contributed by atoms with van der Waals surface area (Å²) in [6.07, 6.45) is 1.87. The minimum absolute atomic E-state index is 0.632. The number of pyridine rings is 1. The summed E-state index contributed by atoms with van der Waals surface area (Å²) in [4.78, 5) is 6.70. The highest BCUT2D eigenvalue weighted by Crippen LogP contribution is 2.29. The lowest BCUT2D eigenvalue weighted by Crippen LogP contribution is -2.26. The first-order valence-corrected chi connectivity index (χ1v) is 7.40. The summed E-state index contributed by atoms with van der Waals surface area (Å²) in [6, 6.07) is 10.1. The molecule has 0 amide bonds. The third kappa shape index (κ3) is 3.12. The molecule has 1 N–H and O–H groups in total. The maximum atomic E-state index is 6.41. The predicted molar refractivity (Wildman–Crippen MR) is 85.0 cm³/mol. The van der Waals surface area contributed by atoms with E-state index in [4.69, 9.17) is 16.3 Å². The Bertz CT molecular complexity index is 633. The molecule has 2 aromatic rings. The summed E-state index contributed by atoms with van der Waals surface area (Å²) >= 11 is 6.41. The van der Waals surface area contributed by atoms with Crippen LogP contribution >= 0.6 is 11.6 Å². The van der Waals surface area contributed by atoms with Gasteiger partial charge in [0.2, 0.25) is 0 Å². The highest BCUT2D eigenvalue weighted by atomic mass is 35.5. The maximum absolute atomic E-state index is 6.41. The molecule has 0 atom stereocenters. The van der Waals surface area contributed by atoms with Crippen LogP contribution in [0.4, 0.5) is 5.82 Å². The Morgan fingerprint density at radius 1 is 1.38 bits per heavy atom. The van der Waals surface area contributed by atoms with Gasteiger partial charge in [-0.1, -0.05) is 29.8 Å². The van der Waals surface area contributed by atoms with Crippen LogP contribution in [0.15, 0.2) is 36.5 Å². The number of para-hydroxylation sites is 1. The number of halogens is 1. The molecule has 21 heavy (non-hydrogen) atoms. The van der Waals surface area contributed by atoms with Crippen molar-refractivity contribution in [3.63, 3.8) is 0 Å². The van der Waals surface area contributed by atoms with Crippen LogP contribution in [-0.4, -0.2) is 25.2 Å². The molecule has 1 aliphatic heterocycles. The lowest BCUT2D eigenvalue weighted by molar-refractivity contribution is 0.331. The van der Waals surface area contributed by atoms with Gasteiger partial charge in [0.15, 0.2) is 0 Å². The minimum Gasteiger partial charge on any atom is -0.491 e. The van der Waals surface area contributed by atoms with Crippen LogP contribution in [0.25, 0.3) is 0 Å². The average Bonchev–Trinajstić information content (AvgIpc) is 2.70. The van der Waals surface area contributed by atoms with Gasteiger partial charge >= 0.3 is 0 Å². The first-order valence-electron chi connectivity index (χ1n) is 7.02. The molecule has 2 heterocycles. The number of nitrogens with zero attached hydrogens (tertiary/aromatic N) is 2. The number of anilines is 1. The Morgan fingerprint density at radius 2 is 2.24 bits per heavy atom. The topological polar surface area (TPSA) is 37.4 Å². The zero-order chi connectivity index (χ0) is 14.7. The second-order valence-corrected chi connectivity index (χ2v) is 5.46. The number of ether oxygens (including phenoxy) is 1. The summed E-state index contributed by atoms with van der Waals surface area (Å²) < 4.78 is 5.78. The molecular weight excluding hydrogens is 286 g/mol. The average molecular weight is 304 g/mol. The number of hydrogen-bond donors (Lipinski definition) is 1. The van der Waals surface area contributed by atoms with Crippen LogP contribution in [0, 0.1) is 0 Å². The van der Waals surface area contributed by atoms with Crippen molar-refractivity contribution in [3.05, 3.63) is 52.7 Å². The van der Waals surface area contributed by atoms with Gasteiger partial charge in [-0.3, -0.25) is 0 Å². The van der Waals surface area contributed by atoms with Gasteiger partial charge in [-0.2, -0.15) is 0 Å². The molecule has 0 saturated heterocycles. The molecule has 1 aromatic carbocycles. The van der Waals surface area contributed by atoms with Crippen molar-refractivity contribution in [2.75, 3.05) is 25.1 Å². The van der Waals surface area contributed by atoms with Crippen molar-refractivity contribution in [1.82, 2.24) is 10.3 Å². The van der Waals surface area contributed by atoms with Gasteiger partial charge < -0.3 is 15.0 Å². The zero-order valence-electron chi connectivity index (χ0n) is 12.0. The molecule has 0 bridgehead atoms. The van der Waals surface area contributed by atoms with Crippen molar-refractivity contribution in [1.29, 1.82) is 0 Å². The number of aromatic nitrogens is 1. The summed E-state index contributed by atoms with van der Waals surface area (Å²) in [5.74, 6) is 1.76. The fourth-order valence-electron chi connectivity index (χ4n) is 2.51. The molecule has 0 unspecified atom stereocenters. The molecule has 0 aliphatic carbocycles. The summed E-state index contributed by atoms with van der Waals surface area (Å²) in [6.45, 7) is 2.92. The molecular formula is C16H18ClN3O. The molecule has 1 aromatic heterocycles. The van der Waals surface area contributed by atoms with Gasteiger partial charge in [0.1, 0.15) is 18.2 Å². The highest BCUT2D eigenvalue weighted by Gasteiger charge is 2.18. The van der Waals surface area contributed by atoms with E-state index in [1.165, 1.54) is 0 Å². The number of hydrogen-bond acceptors (Lipinski definition) is 4. The van der Waals surface area contributed by atoms with Gasteiger partial charge in [0.25, 0.3) is 0 Å². The Balaban J connectivity index is 1.87. The summed E-state index contributed by atoms with van der Waals surface area (Å²) in [7, 11) is 1.91. The van der Waals surface area contributed by atoms with Crippen molar-refractivity contribution in [3.8, 4) is 5.75 Å². The number of benzene rings is 1. The summed E-state index contributed by atoms with van der Waals surface area (Å²) in [5.41, 5.74) is 2.24. The normalized spacial score (nSPS) is 14.3. The fraction of sp³-hybridized carbons (Fsp3) is 0.312. The lowest BCUT2D eigenvalue weighted by atomic mass is 10.2. The SMILES string of the molecule is CNCc1cnc(N2CCOc3ccccc3C2)c(Cl)c1. The largest absolute Gasteiger partial charge is 0.491 e. The van der Waals surface area contributed by atoms with Crippen molar-refractivity contribution >= 4 is 17.4 Å². The fourth-order valence-corrected chi connectivity index (χ4v) is 2.82. The number of rotatable bonds is 3. The van der Waals surface area contributed by atoms with Gasteiger partial charge in [0, 0.05) is 24.8 Å². The molecule has 1 aliphatic rings. The van der Waals surface area contributed by atoms with E-state index in [1.54, 1.807) is 0 Å². The third-order valence-corrected chi connectivity index (χ3v) is 3.79. The van der Waals surface area contributed by atoms with Gasteiger partial charge in [-0.05, 0) is 24.7 Å². The zero-order valence-corrected chi connectivity index (χ0v) is 12.7. The van der Waals surface area contributed by atoms with Gasteiger partial charge in [-0.25, -0.2) is 4.98 Å². The van der Waals surface area contributed by atoms with E-state index in [1.807, 2.05) is 37.5 Å². The summed E-state index contributed by atoms with van der Waals surface area (Å²) in [5, 5.41) is 3.78. The van der Waals surface area contributed by atoms with E-state index in [0.29, 0.717) is 11.6 Å². The number of nitrogens with one attached hydrogen (secondary N) is 1. The van der Waals surface area contributed by atoms with Crippen LogP contribution < -0.4 is 15.0 Å². The molecule has 0 fully saturated rings. The molecule has 0 spiro atoms.